The Hall–Kier alpha value is -2.75. The smallest absolute Gasteiger partial charge is 0.251 e. The van der Waals surface area contributed by atoms with Gasteiger partial charge in [0.05, 0.1) is 19.4 Å². The SMILES string of the molecule is O=C(CN1CCN(c2cc(N3CCC(F)(F)CC3)ncn2)CC1)NCc1ccco1. The molecule has 0 saturated carbocycles. The van der Waals surface area contributed by atoms with E-state index in [4.69, 9.17) is 4.42 Å². The first kappa shape index (κ1) is 20.5. The third kappa shape index (κ3) is 5.24. The minimum atomic E-state index is -2.58. The van der Waals surface area contributed by atoms with E-state index in [1.807, 2.05) is 17.0 Å². The van der Waals surface area contributed by atoms with E-state index in [1.54, 1.807) is 12.3 Å². The third-order valence-electron chi connectivity index (χ3n) is 5.56. The van der Waals surface area contributed by atoms with Crippen LogP contribution in [0.15, 0.2) is 35.2 Å². The molecular weight excluding hydrogens is 394 g/mol. The molecule has 2 saturated heterocycles. The Labute approximate surface area is 173 Å². The largest absolute Gasteiger partial charge is 0.467 e. The van der Waals surface area contributed by atoms with Crippen molar-refractivity contribution in [2.24, 2.45) is 0 Å². The van der Waals surface area contributed by atoms with E-state index in [0.717, 1.165) is 37.8 Å². The first-order valence-electron chi connectivity index (χ1n) is 10.2. The van der Waals surface area contributed by atoms with Crippen LogP contribution in [0.1, 0.15) is 18.6 Å². The lowest BCUT2D eigenvalue weighted by molar-refractivity contribution is -0.122. The number of nitrogens with zero attached hydrogens (tertiary/aromatic N) is 5. The van der Waals surface area contributed by atoms with E-state index >= 15 is 0 Å². The first-order valence-corrected chi connectivity index (χ1v) is 10.2. The lowest BCUT2D eigenvalue weighted by atomic mass is 10.1. The number of aromatic nitrogens is 2. The van der Waals surface area contributed by atoms with Crippen molar-refractivity contribution in [1.82, 2.24) is 20.2 Å². The Morgan fingerprint density at radius 2 is 1.73 bits per heavy atom. The van der Waals surface area contributed by atoms with E-state index in [2.05, 4.69) is 25.1 Å². The summed E-state index contributed by atoms with van der Waals surface area (Å²) in [5, 5.41) is 2.86. The van der Waals surface area contributed by atoms with Crippen LogP contribution in [0.3, 0.4) is 0 Å². The summed E-state index contributed by atoms with van der Waals surface area (Å²) in [6.45, 7) is 4.27. The zero-order valence-corrected chi connectivity index (χ0v) is 16.8. The van der Waals surface area contributed by atoms with Crippen LogP contribution < -0.4 is 15.1 Å². The highest BCUT2D eigenvalue weighted by Crippen LogP contribution is 2.30. The molecular formula is C20H26F2N6O2. The molecule has 0 atom stereocenters. The second-order valence-electron chi connectivity index (χ2n) is 7.70. The van der Waals surface area contributed by atoms with Gasteiger partial charge in [0.25, 0.3) is 5.92 Å². The summed E-state index contributed by atoms with van der Waals surface area (Å²) < 4.78 is 32.0. The van der Waals surface area contributed by atoms with Crippen molar-refractivity contribution in [2.45, 2.75) is 25.3 Å². The van der Waals surface area contributed by atoms with Gasteiger partial charge in [0.1, 0.15) is 23.7 Å². The number of hydrogen-bond donors (Lipinski definition) is 1. The van der Waals surface area contributed by atoms with E-state index in [9.17, 15) is 13.6 Å². The van der Waals surface area contributed by atoms with Gasteiger partial charge in [-0.1, -0.05) is 0 Å². The molecule has 2 aliphatic heterocycles. The minimum absolute atomic E-state index is 0.0360. The number of rotatable bonds is 6. The fraction of sp³-hybridized carbons (Fsp3) is 0.550. The lowest BCUT2D eigenvalue weighted by Crippen LogP contribution is -2.49. The lowest BCUT2D eigenvalue weighted by Gasteiger charge is -2.36. The second-order valence-corrected chi connectivity index (χ2v) is 7.70. The van der Waals surface area contributed by atoms with E-state index in [-0.39, 0.29) is 18.7 Å². The highest BCUT2D eigenvalue weighted by Gasteiger charge is 2.34. The van der Waals surface area contributed by atoms with Crippen LogP contribution in [0.4, 0.5) is 20.4 Å². The predicted molar refractivity (Wildman–Crippen MR) is 108 cm³/mol. The molecule has 1 amide bonds. The van der Waals surface area contributed by atoms with Gasteiger partial charge in [-0.2, -0.15) is 0 Å². The van der Waals surface area contributed by atoms with Crippen molar-refractivity contribution in [3.63, 3.8) is 0 Å². The molecule has 1 N–H and O–H groups in total. The molecule has 4 heterocycles. The highest BCUT2D eigenvalue weighted by atomic mass is 19.3. The number of amides is 1. The van der Waals surface area contributed by atoms with Gasteiger partial charge in [-0.15, -0.1) is 0 Å². The van der Waals surface area contributed by atoms with Crippen molar-refractivity contribution in [2.75, 3.05) is 55.6 Å². The number of carbonyl (C=O) groups excluding carboxylic acids is 1. The number of piperidine rings is 1. The number of alkyl halides is 2. The number of hydrogen-bond acceptors (Lipinski definition) is 7. The Morgan fingerprint density at radius 1 is 1.07 bits per heavy atom. The van der Waals surface area contributed by atoms with Crippen LogP contribution in [-0.4, -0.2) is 72.5 Å². The fourth-order valence-corrected chi connectivity index (χ4v) is 3.74. The second kappa shape index (κ2) is 8.95. The van der Waals surface area contributed by atoms with Crippen LogP contribution in [-0.2, 0) is 11.3 Å². The molecule has 30 heavy (non-hydrogen) atoms. The van der Waals surface area contributed by atoms with E-state index < -0.39 is 5.92 Å². The van der Waals surface area contributed by atoms with Crippen molar-refractivity contribution in [3.8, 4) is 0 Å². The van der Waals surface area contributed by atoms with Crippen molar-refractivity contribution in [1.29, 1.82) is 0 Å². The van der Waals surface area contributed by atoms with E-state index in [1.165, 1.54) is 6.33 Å². The maximum absolute atomic E-state index is 13.4. The van der Waals surface area contributed by atoms with Crippen molar-refractivity contribution >= 4 is 17.5 Å². The first-order chi connectivity index (χ1) is 14.5. The van der Waals surface area contributed by atoms with Gasteiger partial charge in [0.15, 0.2) is 0 Å². The maximum atomic E-state index is 13.4. The summed E-state index contributed by atoms with van der Waals surface area (Å²) in [5.74, 6) is -0.404. The van der Waals surface area contributed by atoms with Crippen LogP contribution in [0.2, 0.25) is 0 Å². The summed E-state index contributed by atoms with van der Waals surface area (Å²) in [5.41, 5.74) is 0. The molecule has 2 fully saturated rings. The van der Waals surface area contributed by atoms with Crippen LogP contribution in [0.5, 0.6) is 0 Å². The predicted octanol–water partition coefficient (Wildman–Crippen LogP) is 1.74. The third-order valence-corrected chi connectivity index (χ3v) is 5.56. The minimum Gasteiger partial charge on any atom is -0.467 e. The molecule has 0 bridgehead atoms. The van der Waals surface area contributed by atoms with Crippen LogP contribution in [0.25, 0.3) is 0 Å². The Balaban J connectivity index is 1.25. The molecule has 0 radical (unpaired) electrons. The quantitative estimate of drug-likeness (QED) is 0.763. The molecule has 2 aromatic rings. The van der Waals surface area contributed by atoms with Gasteiger partial charge in [-0.3, -0.25) is 9.69 Å². The number of halogens is 2. The monoisotopic (exact) mass is 420 g/mol. The molecule has 8 nitrogen and oxygen atoms in total. The van der Waals surface area contributed by atoms with Gasteiger partial charge in [-0.05, 0) is 12.1 Å². The van der Waals surface area contributed by atoms with Crippen molar-refractivity contribution < 1.29 is 18.0 Å². The standard InChI is InChI=1S/C20H26F2N6O2/c21-20(22)3-5-27(6-4-20)17-12-18(25-15-24-17)28-9-7-26(8-10-28)14-19(29)23-13-16-2-1-11-30-16/h1-2,11-12,15H,3-10,13-14H2,(H,23,29). The van der Waals surface area contributed by atoms with E-state index in [0.29, 0.717) is 32.0 Å². The normalized spacial score (nSPS) is 19.7. The molecule has 0 aromatic carbocycles. The Bertz CT molecular complexity index is 830. The molecule has 10 heteroatoms. The molecule has 162 valence electrons. The number of nitrogens with one attached hydrogen (secondary N) is 1. The van der Waals surface area contributed by atoms with Crippen molar-refractivity contribution in [3.05, 3.63) is 36.5 Å². The van der Waals surface area contributed by atoms with Crippen LogP contribution in [0, 0.1) is 0 Å². The number of piperazine rings is 1. The summed E-state index contributed by atoms with van der Waals surface area (Å²) in [4.78, 5) is 26.9. The average molecular weight is 420 g/mol. The molecule has 4 rings (SSSR count). The van der Waals surface area contributed by atoms with Gasteiger partial charge < -0.3 is 19.5 Å². The molecule has 2 aliphatic rings. The molecule has 0 unspecified atom stereocenters. The number of furan rings is 1. The topological polar surface area (TPSA) is 77.7 Å². The zero-order chi connectivity index (χ0) is 21.0. The highest BCUT2D eigenvalue weighted by molar-refractivity contribution is 5.78. The Morgan fingerprint density at radius 3 is 2.37 bits per heavy atom. The summed E-state index contributed by atoms with van der Waals surface area (Å²) in [7, 11) is 0. The number of anilines is 2. The van der Waals surface area contributed by atoms with Gasteiger partial charge in [0, 0.05) is 58.2 Å². The molecule has 0 spiro atoms. The van der Waals surface area contributed by atoms with Crippen LogP contribution >= 0.6 is 0 Å². The average Bonchev–Trinajstić information content (AvgIpc) is 3.27. The molecule has 0 aliphatic carbocycles. The summed E-state index contributed by atoms with van der Waals surface area (Å²) in [6.07, 6.45) is 2.78. The van der Waals surface area contributed by atoms with Gasteiger partial charge in [-0.25, -0.2) is 18.7 Å². The van der Waals surface area contributed by atoms with Gasteiger partial charge >= 0.3 is 0 Å². The fourth-order valence-electron chi connectivity index (χ4n) is 3.74. The summed E-state index contributed by atoms with van der Waals surface area (Å²) >= 11 is 0. The number of carbonyl (C=O) groups is 1. The summed E-state index contributed by atoms with van der Waals surface area (Å²) in [6, 6.07) is 5.49. The Kier molecular flexibility index (Phi) is 6.12. The zero-order valence-electron chi connectivity index (χ0n) is 16.8. The maximum Gasteiger partial charge on any atom is 0.251 e. The molecule has 2 aromatic heterocycles. The van der Waals surface area contributed by atoms with Gasteiger partial charge in [0.2, 0.25) is 5.91 Å².